The highest BCUT2D eigenvalue weighted by atomic mass is 79.9. The van der Waals surface area contributed by atoms with E-state index in [0.717, 1.165) is 43.2 Å². The molecule has 0 aliphatic carbocycles. The first-order valence-corrected chi connectivity index (χ1v) is 6.34. The number of carbonyl (C=O) groups excluding carboxylic acids is 1. The summed E-state index contributed by atoms with van der Waals surface area (Å²) in [6.07, 6.45) is 6.91. The lowest BCUT2D eigenvalue weighted by Gasteiger charge is -2.29. The van der Waals surface area contributed by atoms with Gasteiger partial charge in [-0.25, -0.2) is 0 Å². The molecule has 86 valence electrons. The molecule has 2 rings (SSSR count). The summed E-state index contributed by atoms with van der Waals surface area (Å²) < 4.78 is 1.01. The fourth-order valence-electron chi connectivity index (χ4n) is 2.15. The standard InChI is InChI=1S/C12H15BrN2O/c13-12-4-11(5-14-6-12)8-15-3-1-2-10(7-15)9-16/h4-6,9-10H,1-3,7-8H2. The maximum atomic E-state index is 10.8. The number of hydrogen-bond donors (Lipinski definition) is 0. The molecule has 1 atom stereocenters. The fraction of sp³-hybridized carbons (Fsp3) is 0.500. The molecule has 1 saturated heterocycles. The van der Waals surface area contributed by atoms with Crippen LogP contribution in [-0.2, 0) is 11.3 Å². The van der Waals surface area contributed by atoms with Crippen LogP contribution in [0.4, 0.5) is 0 Å². The summed E-state index contributed by atoms with van der Waals surface area (Å²) in [4.78, 5) is 17.2. The zero-order valence-electron chi connectivity index (χ0n) is 9.10. The highest BCUT2D eigenvalue weighted by Crippen LogP contribution is 2.18. The molecule has 16 heavy (non-hydrogen) atoms. The van der Waals surface area contributed by atoms with E-state index in [1.54, 1.807) is 6.20 Å². The Morgan fingerprint density at radius 1 is 1.56 bits per heavy atom. The van der Waals surface area contributed by atoms with Gasteiger partial charge >= 0.3 is 0 Å². The number of aldehydes is 1. The highest BCUT2D eigenvalue weighted by molar-refractivity contribution is 9.10. The van der Waals surface area contributed by atoms with Crippen LogP contribution in [0.1, 0.15) is 18.4 Å². The van der Waals surface area contributed by atoms with E-state index in [9.17, 15) is 4.79 Å². The minimum atomic E-state index is 0.217. The van der Waals surface area contributed by atoms with Crippen LogP contribution >= 0.6 is 15.9 Å². The number of hydrogen-bond acceptors (Lipinski definition) is 3. The lowest BCUT2D eigenvalue weighted by atomic mass is 9.99. The first-order chi connectivity index (χ1) is 7.78. The maximum absolute atomic E-state index is 10.8. The molecule has 0 aromatic carbocycles. The first-order valence-electron chi connectivity index (χ1n) is 5.55. The van der Waals surface area contributed by atoms with E-state index >= 15 is 0 Å². The van der Waals surface area contributed by atoms with Crippen molar-refractivity contribution in [3.05, 3.63) is 28.5 Å². The quantitative estimate of drug-likeness (QED) is 0.798. The Morgan fingerprint density at radius 2 is 2.44 bits per heavy atom. The molecule has 2 heterocycles. The van der Waals surface area contributed by atoms with Crippen molar-refractivity contribution in [2.75, 3.05) is 13.1 Å². The van der Waals surface area contributed by atoms with Gasteiger partial charge in [-0.2, -0.15) is 0 Å². The molecular weight excluding hydrogens is 268 g/mol. The van der Waals surface area contributed by atoms with Crippen molar-refractivity contribution in [1.29, 1.82) is 0 Å². The molecule has 0 radical (unpaired) electrons. The van der Waals surface area contributed by atoms with Crippen molar-refractivity contribution in [2.45, 2.75) is 19.4 Å². The number of nitrogens with zero attached hydrogens (tertiary/aromatic N) is 2. The van der Waals surface area contributed by atoms with E-state index in [0.29, 0.717) is 0 Å². The Labute approximate surface area is 104 Å². The zero-order valence-corrected chi connectivity index (χ0v) is 10.7. The molecule has 0 bridgehead atoms. The van der Waals surface area contributed by atoms with Crippen LogP contribution in [0.5, 0.6) is 0 Å². The SMILES string of the molecule is O=CC1CCCN(Cc2cncc(Br)c2)C1. The number of piperidine rings is 1. The number of rotatable bonds is 3. The van der Waals surface area contributed by atoms with Crippen molar-refractivity contribution in [1.82, 2.24) is 9.88 Å². The van der Waals surface area contributed by atoms with Gasteiger partial charge in [-0.15, -0.1) is 0 Å². The Hall–Kier alpha value is -0.740. The number of aromatic nitrogens is 1. The van der Waals surface area contributed by atoms with E-state index < -0.39 is 0 Å². The van der Waals surface area contributed by atoms with E-state index in [1.807, 2.05) is 6.20 Å². The molecule has 0 spiro atoms. The summed E-state index contributed by atoms with van der Waals surface area (Å²) in [6, 6.07) is 2.08. The van der Waals surface area contributed by atoms with Crippen LogP contribution in [0.3, 0.4) is 0 Å². The second-order valence-electron chi connectivity index (χ2n) is 4.28. The van der Waals surface area contributed by atoms with E-state index in [-0.39, 0.29) is 5.92 Å². The largest absolute Gasteiger partial charge is 0.303 e. The van der Waals surface area contributed by atoms with Crippen LogP contribution < -0.4 is 0 Å². The highest BCUT2D eigenvalue weighted by Gasteiger charge is 2.19. The minimum absolute atomic E-state index is 0.217. The molecule has 1 unspecified atom stereocenters. The predicted octanol–water partition coefficient (Wildman–Crippen LogP) is 2.25. The molecule has 4 heteroatoms. The summed E-state index contributed by atoms with van der Waals surface area (Å²) in [5, 5.41) is 0. The summed E-state index contributed by atoms with van der Waals surface area (Å²) in [6.45, 7) is 2.85. The lowest BCUT2D eigenvalue weighted by molar-refractivity contribution is -0.112. The number of likely N-dealkylation sites (tertiary alicyclic amines) is 1. The van der Waals surface area contributed by atoms with Crippen molar-refractivity contribution in [2.24, 2.45) is 5.92 Å². The van der Waals surface area contributed by atoms with Gasteiger partial charge in [0.25, 0.3) is 0 Å². The van der Waals surface area contributed by atoms with Crippen molar-refractivity contribution < 1.29 is 4.79 Å². The van der Waals surface area contributed by atoms with Gasteiger partial charge in [-0.1, -0.05) is 0 Å². The minimum Gasteiger partial charge on any atom is -0.303 e. The van der Waals surface area contributed by atoms with Crippen LogP contribution in [-0.4, -0.2) is 29.3 Å². The van der Waals surface area contributed by atoms with Crippen LogP contribution in [0.2, 0.25) is 0 Å². The Morgan fingerprint density at radius 3 is 3.19 bits per heavy atom. The van der Waals surface area contributed by atoms with Crippen molar-refractivity contribution >= 4 is 22.2 Å². The van der Waals surface area contributed by atoms with Gasteiger partial charge in [-0.3, -0.25) is 9.88 Å². The van der Waals surface area contributed by atoms with Gasteiger partial charge < -0.3 is 4.79 Å². The lowest BCUT2D eigenvalue weighted by Crippen LogP contribution is -2.35. The van der Waals surface area contributed by atoms with E-state index in [4.69, 9.17) is 0 Å². The number of carbonyl (C=O) groups is 1. The molecule has 1 aliphatic heterocycles. The molecule has 3 nitrogen and oxygen atoms in total. The molecule has 1 fully saturated rings. The molecule has 0 saturated carbocycles. The third-order valence-electron chi connectivity index (χ3n) is 2.90. The Kier molecular flexibility index (Phi) is 4.07. The van der Waals surface area contributed by atoms with Gasteiger partial charge in [0.05, 0.1) is 0 Å². The molecular formula is C12H15BrN2O. The topological polar surface area (TPSA) is 33.2 Å². The van der Waals surface area contributed by atoms with Gasteiger partial charge in [0, 0.05) is 35.9 Å². The molecule has 1 aromatic heterocycles. The van der Waals surface area contributed by atoms with Crippen molar-refractivity contribution in [3.63, 3.8) is 0 Å². The van der Waals surface area contributed by atoms with E-state index in [2.05, 4.69) is 31.9 Å². The molecule has 0 N–H and O–H groups in total. The second kappa shape index (κ2) is 5.55. The average molecular weight is 283 g/mol. The monoisotopic (exact) mass is 282 g/mol. The zero-order chi connectivity index (χ0) is 11.4. The predicted molar refractivity (Wildman–Crippen MR) is 66.0 cm³/mol. The van der Waals surface area contributed by atoms with Crippen LogP contribution in [0.25, 0.3) is 0 Å². The van der Waals surface area contributed by atoms with Gasteiger partial charge in [0.2, 0.25) is 0 Å². The van der Waals surface area contributed by atoms with Gasteiger partial charge in [0.15, 0.2) is 0 Å². The van der Waals surface area contributed by atoms with Gasteiger partial charge in [0.1, 0.15) is 6.29 Å². The number of halogens is 1. The summed E-state index contributed by atoms with van der Waals surface area (Å²) in [5.41, 5.74) is 1.20. The normalized spacial score (nSPS) is 21.9. The molecule has 1 aromatic rings. The van der Waals surface area contributed by atoms with Crippen molar-refractivity contribution in [3.8, 4) is 0 Å². The molecule has 0 amide bonds. The molecule has 1 aliphatic rings. The summed E-state index contributed by atoms with van der Waals surface area (Å²) in [7, 11) is 0. The smallest absolute Gasteiger partial charge is 0.124 e. The first kappa shape index (κ1) is 11.7. The fourth-order valence-corrected chi connectivity index (χ4v) is 2.56. The van der Waals surface area contributed by atoms with Gasteiger partial charge in [-0.05, 0) is 46.9 Å². The van der Waals surface area contributed by atoms with Crippen LogP contribution in [0.15, 0.2) is 22.9 Å². The number of pyridine rings is 1. The van der Waals surface area contributed by atoms with E-state index in [1.165, 1.54) is 5.56 Å². The maximum Gasteiger partial charge on any atom is 0.124 e. The Balaban J connectivity index is 1.96. The summed E-state index contributed by atoms with van der Waals surface area (Å²) >= 11 is 3.42. The summed E-state index contributed by atoms with van der Waals surface area (Å²) in [5.74, 6) is 0.217. The average Bonchev–Trinajstić information content (AvgIpc) is 2.29. The third kappa shape index (κ3) is 3.12. The van der Waals surface area contributed by atoms with Crippen LogP contribution in [0, 0.1) is 5.92 Å². The second-order valence-corrected chi connectivity index (χ2v) is 5.20. The Bertz CT molecular complexity index is 370. The third-order valence-corrected chi connectivity index (χ3v) is 3.34.